The largest absolute Gasteiger partial charge is 0.455 e. The topological polar surface area (TPSA) is 48.3 Å². The summed E-state index contributed by atoms with van der Waals surface area (Å²) in [6.45, 7) is 0. The second-order valence-electron chi connectivity index (χ2n) is 14.1. The number of hydrogen-bond acceptors (Lipinski definition) is 3. The monoisotopic (exact) mass is 674 g/mol. The number of furan rings is 1. The van der Waals surface area contributed by atoms with Crippen LogP contribution in [-0.2, 0) is 0 Å². The van der Waals surface area contributed by atoms with Crippen LogP contribution in [0.1, 0.15) is 0 Å². The molecule has 5 heterocycles. The van der Waals surface area contributed by atoms with Gasteiger partial charge in [-0.1, -0.05) is 115 Å². The summed E-state index contributed by atoms with van der Waals surface area (Å²) in [6.07, 6.45) is 0. The second kappa shape index (κ2) is 9.75. The van der Waals surface area contributed by atoms with Crippen LogP contribution in [0.4, 0.5) is 0 Å². The first kappa shape index (κ1) is 27.5. The lowest BCUT2D eigenvalue weighted by Gasteiger charge is -2.14. The summed E-state index contributed by atoms with van der Waals surface area (Å²) in [5, 5.41) is 12.7. The van der Waals surface area contributed by atoms with E-state index in [1.165, 1.54) is 48.9 Å². The summed E-state index contributed by atoms with van der Waals surface area (Å²) >= 11 is 0. The zero-order valence-corrected chi connectivity index (χ0v) is 28.2. The molecule has 244 valence electrons. The highest BCUT2D eigenvalue weighted by atomic mass is 16.3. The maximum atomic E-state index is 6.63. The van der Waals surface area contributed by atoms with Crippen LogP contribution in [-0.4, -0.2) is 18.9 Å². The highest BCUT2D eigenvalue weighted by Gasteiger charge is 2.26. The molecule has 0 bridgehead atoms. The second-order valence-corrected chi connectivity index (χ2v) is 14.1. The van der Waals surface area contributed by atoms with Crippen LogP contribution in [0.25, 0.3) is 121 Å². The molecule has 0 fully saturated rings. The van der Waals surface area contributed by atoms with Crippen molar-refractivity contribution in [2.24, 2.45) is 0 Å². The minimum atomic E-state index is 0.630. The summed E-state index contributed by atoms with van der Waals surface area (Å²) in [5.74, 6) is 0.630. The predicted molar refractivity (Wildman–Crippen MR) is 219 cm³/mol. The van der Waals surface area contributed by atoms with Crippen molar-refractivity contribution >= 4 is 104 Å². The Hall–Kier alpha value is -7.24. The summed E-state index contributed by atoms with van der Waals surface area (Å²) < 4.78 is 11.4. The van der Waals surface area contributed by atoms with E-state index in [2.05, 4.69) is 155 Å². The van der Waals surface area contributed by atoms with E-state index >= 15 is 0 Å². The molecule has 0 radical (unpaired) electrons. The first-order chi connectivity index (χ1) is 26.3. The van der Waals surface area contributed by atoms with Crippen molar-refractivity contribution in [1.29, 1.82) is 0 Å². The standard InChI is InChI=1S/C48H26N4O/c1-2-13-28-27(12-1)24-25-34-43(28)49-48(50-44(34)35-19-11-18-32-31-16-6-10-23-41(31)53-47(32)35)52-39-21-8-4-15-30(39)37-26-36-29-14-3-7-20-38(29)51-40-22-9-5-17-33(40)42(45(36)51)46(37)52/h1-26H. The lowest BCUT2D eigenvalue weighted by atomic mass is 10.0. The van der Waals surface area contributed by atoms with Gasteiger partial charge >= 0.3 is 0 Å². The molecule has 0 saturated heterocycles. The highest BCUT2D eigenvalue weighted by Crippen LogP contribution is 2.47. The number of fused-ring (bicyclic) bond motifs is 16. The molecule has 53 heavy (non-hydrogen) atoms. The van der Waals surface area contributed by atoms with Crippen LogP contribution in [0.5, 0.6) is 0 Å². The van der Waals surface area contributed by atoms with Gasteiger partial charge in [-0.3, -0.25) is 4.57 Å². The normalized spacial score (nSPS) is 12.5. The lowest BCUT2D eigenvalue weighted by molar-refractivity contribution is 0.670. The number of para-hydroxylation sites is 5. The third kappa shape index (κ3) is 3.42. The summed E-state index contributed by atoms with van der Waals surface area (Å²) in [6, 6.07) is 56.1. The molecule has 5 nitrogen and oxygen atoms in total. The van der Waals surface area contributed by atoms with Crippen molar-refractivity contribution in [3.05, 3.63) is 158 Å². The van der Waals surface area contributed by atoms with Crippen molar-refractivity contribution in [1.82, 2.24) is 18.9 Å². The summed E-state index contributed by atoms with van der Waals surface area (Å²) in [4.78, 5) is 11.1. The molecule has 0 saturated carbocycles. The molecular formula is C48H26N4O. The van der Waals surface area contributed by atoms with Crippen LogP contribution in [0.3, 0.4) is 0 Å². The Morgan fingerprint density at radius 2 is 1.08 bits per heavy atom. The third-order valence-corrected chi connectivity index (χ3v) is 11.4. The van der Waals surface area contributed by atoms with Crippen molar-refractivity contribution < 1.29 is 4.42 Å². The number of nitrogens with zero attached hydrogens (tertiary/aromatic N) is 4. The van der Waals surface area contributed by atoms with Crippen molar-refractivity contribution in [2.75, 3.05) is 0 Å². The predicted octanol–water partition coefficient (Wildman–Crippen LogP) is 12.6. The quantitative estimate of drug-likeness (QED) is 0.172. The number of rotatable bonds is 2. The third-order valence-electron chi connectivity index (χ3n) is 11.4. The summed E-state index contributed by atoms with van der Waals surface area (Å²) in [7, 11) is 0. The van der Waals surface area contributed by atoms with Crippen LogP contribution in [0, 0.1) is 0 Å². The first-order valence-corrected chi connectivity index (χ1v) is 18.0. The average Bonchev–Trinajstić information content (AvgIpc) is 3.96. The van der Waals surface area contributed by atoms with Crippen LogP contribution in [0.15, 0.2) is 162 Å². The maximum Gasteiger partial charge on any atom is 0.235 e. The molecule has 0 unspecified atom stereocenters. The van der Waals surface area contributed by atoms with Gasteiger partial charge in [0.2, 0.25) is 5.95 Å². The van der Waals surface area contributed by atoms with E-state index < -0.39 is 0 Å². The highest BCUT2D eigenvalue weighted by molar-refractivity contribution is 6.34. The van der Waals surface area contributed by atoms with Gasteiger partial charge in [0.25, 0.3) is 0 Å². The SMILES string of the molecule is c1ccc2c(c1)ccc1c(-c3cccc4c3oc3ccccc34)nc(-n3c4ccccc4c4cc5c6ccccc6n6c7ccccc7c(c43)c56)nc12. The molecule has 13 rings (SSSR count). The lowest BCUT2D eigenvalue weighted by Crippen LogP contribution is -2.04. The van der Waals surface area contributed by atoms with Gasteiger partial charge in [0.1, 0.15) is 11.2 Å². The Kier molecular flexibility index (Phi) is 5.06. The van der Waals surface area contributed by atoms with Crippen LogP contribution in [0.2, 0.25) is 0 Å². The number of aromatic nitrogens is 4. The smallest absolute Gasteiger partial charge is 0.235 e. The van der Waals surface area contributed by atoms with Crippen LogP contribution >= 0.6 is 0 Å². The van der Waals surface area contributed by atoms with Gasteiger partial charge in [-0.25, -0.2) is 9.97 Å². The van der Waals surface area contributed by atoms with E-state index in [0.29, 0.717) is 5.95 Å². The Morgan fingerprint density at radius 3 is 1.92 bits per heavy atom. The number of benzene rings is 8. The molecule has 0 amide bonds. The molecule has 0 N–H and O–H groups in total. The zero-order chi connectivity index (χ0) is 34.4. The Balaban J connectivity index is 1.25. The average molecular weight is 675 g/mol. The van der Waals surface area contributed by atoms with Gasteiger partial charge in [-0.05, 0) is 47.9 Å². The molecule has 8 aromatic carbocycles. The van der Waals surface area contributed by atoms with Gasteiger partial charge < -0.3 is 8.82 Å². The van der Waals surface area contributed by atoms with E-state index in [1.54, 1.807) is 0 Å². The van der Waals surface area contributed by atoms with Gasteiger partial charge in [0.15, 0.2) is 0 Å². The summed E-state index contributed by atoms with van der Waals surface area (Å²) in [5.41, 5.74) is 10.2. The molecular weight excluding hydrogens is 649 g/mol. The van der Waals surface area contributed by atoms with E-state index in [9.17, 15) is 0 Å². The molecule has 0 spiro atoms. The molecule has 13 aromatic rings. The van der Waals surface area contributed by atoms with Gasteiger partial charge in [0.05, 0.1) is 38.8 Å². The minimum Gasteiger partial charge on any atom is -0.455 e. The Bertz CT molecular complexity index is 3700. The zero-order valence-electron chi connectivity index (χ0n) is 28.2. The fourth-order valence-corrected chi connectivity index (χ4v) is 9.26. The van der Waals surface area contributed by atoms with E-state index in [1.807, 2.05) is 12.1 Å². The molecule has 0 aliphatic rings. The van der Waals surface area contributed by atoms with E-state index in [0.717, 1.165) is 65.9 Å². The van der Waals surface area contributed by atoms with Crippen molar-refractivity contribution in [3.63, 3.8) is 0 Å². The van der Waals surface area contributed by atoms with E-state index in [4.69, 9.17) is 14.4 Å². The van der Waals surface area contributed by atoms with Crippen molar-refractivity contribution in [2.45, 2.75) is 0 Å². The minimum absolute atomic E-state index is 0.630. The molecule has 0 atom stereocenters. The van der Waals surface area contributed by atoms with Crippen molar-refractivity contribution in [3.8, 4) is 17.2 Å². The Morgan fingerprint density at radius 1 is 0.434 bits per heavy atom. The fraction of sp³-hybridized carbons (Fsp3) is 0. The molecule has 0 aliphatic carbocycles. The van der Waals surface area contributed by atoms with Gasteiger partial charge in [-0.15, -0.1) is 0 Å². The fourth-order valence-electron chi connectivity index (χ4n) is 9.26. The van der Waals surface area contributed by atoms with E-state index in [-0.39, 0.29) is 0 Å². The first-order valence-electron chi connectivity index (χ1n) is 18.0. The Labute approximate surface area is 300 Å². The molecule has 5 heteroatoms. The molecule has 5 aromatic heterocycles. The molecule has 0 aliphatic heterocycles. The van der Waals surface area contributed by atoms with Crippen LogP contribution < -0.4 is 0 Å². The van der Waals surface area contributed by atoms with Gasteiger partial charge in [0, 0.05) is 59.4 Å². The maximum absolute atomic E-state index is 6.63. The number of hydrogen-bond donors (Lipinski definition) is 0. The van der Waals surface area contributed by atoms with Gasteiger partial charge in [-0.2, -0.15) is 0 Å².